The van der Waals surface area contributed by atoms with Gasteiger partial charge in [0.2, 0.25) is 0 Å². The molecular formula is C16H27F. The van der Waals surface area contributed by atoms with Gasteiger partial charge in [0.25, 0.3) is 0 Å². The summed E-state index contributed by atoms with van der Waals surface area (Å²) < 4.78 is 13.3. The number of benzene rings is 1. The maximum atomic E-state index is 13.3. The fourth-order valence-electron chi connectivity index (χ4n) is 1.92. The first-order valence-corrected chi connectivity index (χ1v) is 6.64. The predicted octanol–water partition coefficient (Wildman–Crippen LogP) is 5.80. The topological polar surface area (TPSA) is 0 Å². The summed E-state index contributed by atoms with van der Waals surface area (Å²) in [7, 11) is 0. The molecule has 0 saturated heterocycles. The Labute approximate surface area is 106 Å². The van der Waals surface area contributed by atoms with Crippen LogP contribution in [0.4, 0.5) is 4.39 Å². The van der Waals surface area contributed by atoms with Crippen molar-refractivity contribution in [2.45, 2.75) is 66.7 Å². The van der Waals surface area contributed by atoms with E-state index < -0.39 is 0 Å². The van der Waals surface area contributed by atoms with Crippen LogP contribution in [0, 0.1) is 12.7 Å². The van der Waals surface area contributed by atoms with Crippen molar-refractivity contribution >= 4 is 0 Å². The van der Waals surface area contributed by atoms with Crippen molar-refractivity contribution < 1.29 is 4.39 Å². The van der Waals surface area contributed by atoms with Gasteiger partial charge in [0.1, 0.15) is 5.82 Å². The van der Waals surface area contributed by atoms with Gasteiger partial charge in [-0.15, -0.1) is 0 Å². The molecule has 0 unspecified atom stereocenters. The largest absolute Gasteiger partial charge is 0.207 e. The van der Waals surface area contributed by atoms with Crippen LogP contribution in [-0.4, -0.2) is 0 Å². The molecule has 0 heterocycles. The Balaban J connectivity index is 0.000000770. The zero-order valence-electron chi connectivity index (χ0n) is 12.4. The van der Waals surface area contributed by atoms with Crippen molar-refractivity contribution in [1.82, 2.24) is 0 Å². The summed E-state index contributed by atoms with van der Waals surface area (Å²) in [5, 5.41) is 0. The van der Waals surface area contributed by atoms with Crippen LogP contribution >= 0.6 is 0 Å². The summed E-state index contributed by atoms with van der Waals surface area (Å²) in [4.78, 5) is 0. The van der Waals surface area contributed by atoms with Crippen LogP contribution in [-0.2, 0) is 0 Å². The second kappa shape index (κ2) is 7.47. The Morgan fingerprint density at radius 3 is 1.47 bits per heavy atom. The van der Waals surface area contributed by atoms with Gasteiger partial charge in [0.05, 0.1) is 0 Å². The van der Waals surface area contributed by atoms with Crippen molar-refractivity contribution in [1.29, 1.82) is 0 Å². The Morgan fingerprint density at radius 2 is 1.24 bits per heavy atom. The molecule has 0 radical (unpaired) electrons. The molecule has 0 nitrogen and oxygen atoms in total. The van der Waals surface area contributed by atoms with Gasteiger partial charge in [-0.05, 0) is 47.6 Å². The molecular weight excluding hydrogens is 211 g/mol. The lowest BCUT2D eigenvalue weighted by atomic mass is 9.89. The van der Waals surface area contributed by atoms with Crippen LogP contribution in [0.25, 0.3) is 0 Å². The molecule has 0 bridgehead atoms. The molecule has 0 aliphatic heterocycles. The molecule has 0 aliphatic rings. The molecule has 1 aromatic carbocycles. The first-order chi connectivity index (χ1) is 7.84. The summed E-state index contributed by atoms with van der Waals surface area (Å²) in [6, 6.07) is 3.32. The van der Waals surface area contributed by atoms with Crippen LogP contribution in [0.3, 0.4) is 0 Å². The molecule has 0 atom stereocenters. The highest BCUT2D eigenvalue weighted by atomic mass is 19.1. The standard InChI is InChI=1S/C13H19F.C3H8/c1-8(2)12-6-11(14)7-13(9(3)4)10(12)5;1-3-2/h6-9H,1-5H3;3H2,1-2H3. The van der Waals surface area contributed by atoms with Gasteiger partial charge in [-0.3, -0.25) is 0 Å². The van der Waals surface area contributed by atoms with Gasteiger partial charge < -0.3 is 0 Å². The van der Waals surface area contributed by atoms with Crippen molar-refractivity contribution in [2.24, 2.45) is 0 Å². The highest BCUT2D eigenvalue weighted by Crippen LogP contribution is 2.27. The van der Waals surface area contributed by atoms with Crippen molar-refractivity contribution in [3.63, 3.8) is 0 Å². The minimum Gasteiger partial charge on any atom is -0.207 e. The summed E-state index contributed by atoms with van der Waals surface area (Å²) >= 11 is 0. The average molecular weight is 238 g/mol. The van der Waals surface area contributed by atoms with E-state index in [4.69, 9.17) is 0 Å². The molecule has 0 spiro atoms. The van der Waals surface area contributed by atoms with Crippen molar-refractivity contribution in [3.8, 4) is 0 Å². The maximum absolute atomic E-state index is 13.3. The van der Waals surface area contributed by atoms with Crippen LogP contribution < -0.4 is 0 Å². The third kappa shape index (κ3) is 4.89. The summed E-state index contributed by atoms with van der Waals surface area (Å²) in [6.07, 6.45) is 1.25. The van der Waals surface area contributed by atoms with Gasteiger partial charge in [0.15, 0.2) is 0 Å². The molecule has 0 aromatic heterocycles. The van der Waals surface area contributed by atoms with Gasteiger partial charge in [-0.25, -0.2) is 4.39 Å². The van der Waals surface area contributed by atoms with E-state index >= 15 is 0 Å². The SMILES string of the molecule is CCC.Cc1c(C(C)C)cc(F)cc1C(C)C. The molecule has 0 aliphatic carbocycles. The Morgan fingerprint density at radius 1 is 0.941 bits per heavy atom. The zero-order chi connectivity index (χ0) is 13.6. The van der Waals surface area contributed by atoms with E-state index in [1.807, 2.05) is 0 Å². The second-order valence-electron chi connectivity index (χ2n) is 5.23. The second-order valence-corrected chi connectivity index (χ2v) is 5.23. The summed E-state index contributed by atoms with van der Waals surface area (Å²) in [5.74, 6) is 0.675. The minimum absolute atomic E-state index is 0.108. The molecule has 1 aromatic rings. The highest BCUT2D eigenvalue weighted by Gasteiger charge is 2.12. The van der Waals surface area contributed by atoms with E-state index in [-0.39, 0.29) is 5.82 Å². The van der Waals surface area contributed by atoms with Crippen molar-refractivity contribution in [2.75, 3.05) is 0 Å². The lowest BCUT2D eigenvalue weighted by molar-refractivity contribution is 0.616. The predicted molar refractivity (Wildman–Crippen MR) is 75.3 cm³/mol. The normalized spacial score (nSPS) is 10.5. The van der Waals surface area contributed by atoms with E-state index in [2.05, 4.69) is 48.5 Å². The molecule has 0 amide bonds. The van der Waals surface area contributed by atoms with Gasteiger partial charge in [0, 0.05) is 0 Å². The van der Waals surface area contributed by atoms with Crippen LogP contribution in [0.15, 0.2) is 12.1 Å². The van der Waals surface area contributed by atoms with Gasteiger partial charge >= 0.3 is 0 Å². The molecule has 98 valence electrons. The number of hydrogen-bond acceptors (Lipinski definition) is 0. The fourth-order valence-corrected chi connectivity index (χ4v) is 1.92. The van der Waals surface area contributed by atoms with Gasteiger partial charge in [-0.2, -0.15) is 0 Å². The van der Waals surface area contributed by atoms with Crippen LogP contribution in [0.2, 0.25) is 0 Å². The molecule has 0 saturated carbocycles. The molecule has 1 rings (SSSR count). The first-order valence-electron chi connectivity index (χ1n) is 6.64. The fraction of sp³-hybridized carbons (Fsp3) is 0.625. The lowest BCUT2D eigenvalue weighted by Crippen LogP contribution is -2.00. The quantitative estimate of drug-likeness (QED) is 0.611. The van der Waals surface area contributed by atoms with Crippen LogP contribution in [0.5, 0.6) is 0 Å². The maximum Gasteiger partial charge on any atom is 0.123 e. The monoisotopic (exact) mass is 238 g/mol. The third-order valence-corrected chi connectivity index (χ3v) is 2.70. The molecule has 0 fully saturated rings. The van der Waals surface area contributed by atoms with E-state index in [9.17, 15) is 4.39 Å². The van der Waals surface area contributed by atoms with E-state index in [1.165, 1.54) is 12.0 Å². The Hall–Kier alpha value is -0.850. The lowest BCUT2D eigenvalue weighted by Gasteiger charge is -2.16. The minimum atomic E-state index is -0.108. The van der Waals surface area contributed by atoms with E-state index in [0.29, 0.717) is 11.8 Å². The number of rotatable bonds is 2. The Bertz CT molecular complexity index is 308. The first kappa shape index (κ1) is 16.1. The van der Waals surface area contributed by atoms with Crippen LogP contribution in [0.1, 0.15) is 76.5 Å². The van der Waals surface area contributed by atoms with E-state index in [1.54, 1.807) is 12.1 Å². The average Bonchev–Trinajstić information content (AvgIpc) is 2.21. The highest BCUT2D eigenvalue weighted by molar-refractivity contribution is 5.38. The third-order valence-electron chi connectivity index (χ3n) is 2.70. The molecule has 0 N–H and O–H groups in total. The number of halogens is 1. The van der Waals surface area contributed by atoms with E-state index in [0.717, 1.165) is 11.1 Å². The summed E-state index contributed by atoms with van der Waals surface area (Å²) in [5.41, 5.74) is 3.51. The molecule has 17 heavy (non-hydrogen) atoms. The summed E-state index contributed by atoms with van der Waals surface area (Å²) in [6.45, 7) is 14.7. The smallest absolute Gasteiger partial charge is 0.123 e. The number of hydrogen-bond donors (Lipinski definition) is 0. The zero-order valence-corrected chi connectivity index (χ0v) is 12.4. The van der Waals surface area contributed by atoms with Crippen molar-refractivity contribution in [3.05, 3.63) is 34.6 Å². The Kier molecular flexibility index (Phi) is 7.10. The molecule has 1 heteroatoms. The van der Waals surface area contributed by atoms with Gasteiger partial charge in [-0.1, -0.05) is 48.0 Å².